The molecule has 0 fully saturated rings. The maximum Gasteiger partial charge on any atom is 0.306 e. The molecule has 10 heteroatoms. The number of esters is 1. The second-order valence-electron chi connectivity index (χ2n) is 7.09. The number of carbonyl (C=O) groups excluding carboxylic acids is 2. The first-order chi connectivity index (χ1) is 13.6. The molecule has 1 amide bonds. The van der Waals surface area contributed by atoms with Crippen molar-refractivity contribution in [2.24, 2.45) is 0 Å². The molecule has 0 atom stereocenters. The first kappa shape index (κ1) is 22.8. The minimum absolute atomic E-state index is 0.0214. The van der Waals surface area contributed by atoms with E-state index in [-0.39, 0.29) is 29.9 Å². The van der Waals surface area contributed by atoms with Gasteiger partial charge in [0, 0.05) is 33.1 Å². The molecular weight excluding hydrogens is 396 g/mol. The number of aromatic nitrogens is 2. The van der Waals surface area contributed by atoms with E-state index in [1.54, 1.807) is 12.1 Å². The minimum Gasteiger partial charge on any atom is -0.456 e. The summed E-state index contributed by atoms with van der Waals surface area (Å²) < 4.78 is 32.8. The van der Waals surface area contributed by atoms with E-state index in [1.807, 2.05) is 25.3 Å². The number of nitrogens with one attached hydrogen (secondary N) is 1. The van der Waals surface area contributed by atoms with Crippen molar-refractivity contribution in [1.29, 1.82) is 0 Å². The molecule has 0 aliphatic rings. The van der Waals surface area contributed by atoms with Crippen molar-refractivity contribution < 1.29 is 22.7 Å². The third-order valence-corrected chi connectivity index (χ3v) is 6.07. The van der Waals surface area contributed by atoms with Gasteiger partial charge in [-0.2, -0.15) is 0 Å². The summed E-state index contributed by atoms with van der Waals surface area (Å²) >= 11 is 0. The standard InChI is InChI=1S/C19H28N4O5S/c1-6-23-16-8-7-14(29(26,27)22(4)5)11-15(16)21-17(23)9-10-19(25)28-12-18(24)20-13(2)3/h7-8,11,13H,6,9-10,12H2,1-5H3,(H,20,24). The second-order valence-corrected chi connectivity index (χ2v) is 9.24. The zero-order valence-corrected chi connectivity index (χ0v) is 18.2. The molecule has 1 aromatic carbocycles. The molecule has 160 valence electrons. The van der Waals surface area contributed by atoms with Crippen molar-refractivity contribution >= 4 is 32.9 Å². The zero-order valence-electron chi connectivity index (χ0n) is 17.4. The molecule has 29 heavy (non-hydrogen) atoms. The van der Waals surface area contributed by atoms with Crippen LogP contribution in [0.4, 0.5) is 0 Å². The van der Waals surface area contributed by atoms with E-state index < -0.39 is 16.0 Å². The van der Waals surface area contributed by atoms with E-state index in [4.69, 9.17) is 4.74 Å². The van der Waals surface area contributed by atoms with Crippen LogP contribution in [-0.4, -0.2) is 60.9 Å². The van der Waals surface area contributed by atoms with E-state index in [2.05, 4.69) is 10.3 Å². The Balaban J connectivity index is 2.13. The lowest BCUT2D eigenvalue weighted by molar-refractivity contribution is -0.148. The van der Waals surface area contributed by atoms with Crippen LogP contribution in [0.5, 0.6) is 0 Å². The maximum atomic E-state index is 12.3. The topological polar surface area (TPSA) is 111 Å². The van der Waals surface area contributed by atoms with Crippen molar-refractivity contribution in [2.45, 2.75) is 51.1 Å². The van der Waals surface area contributed by atoms with Gasteiger partial charge in [0.1, 0.15) is 5.82 Å². The van der Waals surface area contributed by atoms with E-state index in [0.717, 1.165) is 9.82 Å². The number of fused-ring (bicyclic) bond motifs is 1. The fourth-order valence-corrected chi connectivity index (χ4v) is 3.79. The Hall–Kier alpha value is -2.46. The van der Waals surface area contributed by atoms with Gasteiger partial charge in [-0.1, -0.05) is 0 Å². The molecule has 0 unspecified atom stereocenters. The normalized spacial score (nSPS) is 12.0. The van der Waals surface area contributed by atoms with E-state index >= 15 is 0 Å². The number of benzene rings is 1. The minimum atomic E-state index is -3.56. The Morgan fingerprint density at radius 3 is 2.55 bits per heavy atom. The van der Waals surface area contributed by atoms with Crippen molar-refractivity contribution in [3.05, 3.63) is 24.0 Å². The molecule has 1 aromatic heterocycles. The molecule has 2 rings (SSSR count). The molecule has 0 aliphatic carbocycles. The van der Waals surface area contributed by atoms with Crippen molar-refractivity contribution in [1.82, 2.24) is 19.2 Å². The fraction of sp³-hybridized carbons (Fsp3) is 0.526. The summed E-state index contributed by atoms with van der Waals surface area (Å²) in [5, 5.41) is 2.65. The van der Waals surface area contributed by atoms with Crippen LogP contribution in [0.1, 0.15) is 33.0 Å². The van der Waals surface area contributed by atoms with Crippen LogP contribution in [0, 0.1) is 0 Å². The number of hydrogen-bond acceptors (Lipinski definition) is 6. The third-order valence-electron chi connectivity index (χ3n) is 4.26. The summed E-state index contributed by atoms with van der Waals surface area (Å²) in [6.07, 6.45) is 0.393. The highest BCUT2D eigenvalue weighted by Gasteiger charge is 2.20. The summed E-state index contributed by atoms with van der Waals surface area (Å²) in [4.78, 5) is 28.2. The number of amides is 1. The van der Waals surface area contributed by atoms with E-state index in [9.17, 15) is 18.0 Å². The summed E-state index contributed by atoms with van der Waals surface area (Å²) in [7, 11) is -0.607. The lowest BCUT2D eigenvalue weighted by Crippen LogP contribution is -2.34. The van der Waals surface area contributed by atoms with Gasteiger partial charge in [-0.3, -0.25) is 9.59 Å². The zero-order chi connectivity index (χ0) is 21.8. The van der Waals surface area contributed by atoms with Gasteiger partial charge in [-0.05, 0) is 39.0 Å². The second kappa shape index (κ2) is 9.36. The Bertz CT molecular complexity index is 995. The van der Waals surface area contributed by atoms with Crippen LogP contribution in [0.2, 0.25) is 0 Å². The van der Waals surface area contributed by atoms with Crippen LogP contribution in [-0.2, 0) is 37.3 Å². The Kier molecular flexibility index (Phi) is 7.37. The number of nitrogens with zero attached hydrogens (tertiary/aromatic N) is 3. The Morgan fingerprint density at radius 1 is 1.28 bits per heavy atom. The maximum absolute atomic E-state index is 12.3. The van der Waals surface area contributed by atoms with Gasteiger partial charge in [-0.15, -0.1) is 0 Å². The summed E-state index contributed by atoms with van der Waals surface area (Å²) in [5.41, 5.74) is 1.35. The number of imidazole rings is 1. The Morgan fingerprint density at radius 2 is 1.97 bits per heavy atom. The molecule has 0 saturated heterocycles. The van der Waals surface area contributed by atoms with Crippen LogP contribution in [0.25, 0.3) is 11.0 Å². The van der Waals surface area contributed by atoms with Gasteiger partial charge in [0.15, 0.2) is 6.61 Å². The van der Waals surface area contributed by atoms with E-state index in [1.165, 1.54) is 20.2 Å². The molecule has 9 nitrogen and oxygen atoms in total. The van der Waals surface area contributed by atoms with Crippen molar-refractivity contribution in [2.75, 3.05) is 20.7 Å². The van der Waals surface area contributed by atoms with Gasteiger partial charge < -0.3 is 14.6 Å². The largest absolute Gasteiger partial charge is 0.456 e. The van der Waals surface area contributed by atoms with Gasteiger partial charge in [-0.25, -0.2) is 17.7 Å². The van der Waals surface area contributed by atoms with Crippen LogP contribution < -0.4 is 5.32 Å². The highest BCUT2D eigenvalue weighted by atomic mass is 32.2. The lowest BCUT2D eigenvalue weighted by atomic mass is 10.3. The monoisotopic (exact) mass is 424 g/mol. The van der Waals surface area contributed by atoms with E-state index in [0.29, 0.717) is 24.3 Å². The van der Waals surface area contributed by atoms with Gasteiger partial charge in [0.05, 0.1) is 22.3 Å². The van der Waals surface area contributed by atoms with Gasteiger partial charge in [0.25, 0.3) is 5.91 Å². The molecule has 1 N–H and O–H groups in total. The molecule has 0 bridgehead atoms. The first-order valence-corrected chi connectivity index (χ1v) is 10.9. The third kappa shape index (κ3) is 5.54. The van der Waals surface area contributed by atoms with Gasteiger partial charge >= 0.3 is 5.97 Å². The highest BCUT2D eigenvalue weighted by molar-refractivity contribution is 7.89. The molecule has 0 saturated carbocycles. The van der Waals surface area contributed by atoms with Crippen molar-refractivity contribution in [3.8, 4) is 0 Å². The lowest BCUT2D eigenvalue weighted by Gasteiger charge is -2.11. The average Bonchev–Trinajstić information content (AvgIpc) is 3.00. The molecule has 0 radical (unpaired) electrons. The molecule has 0 spiro atoms. The predicted molar refractivity (Wildman–Crippen MR) is 109 cm³/mol. The number of carbonyl (C=O) groups is 2. The Labute approximate surface area is 171 Å². The van der Waals surface area contributed by atoms with Crippen LogP contribution in [0.15, 0.2) is 23.1 Å². The predicted octanol–water partition coefficient (Wildman–Crippen LogP) is 1.31. The molecule has 1 heterocycles. The number of hydrogen-bond donors (Lipinski definition) is 1. The molecule has 0 aliphatic heterocycles. The van der Waals surface area contributed by atoms with Crippen molar-refractivity contribution in [3.63, 3.8) is 0 Å². The van der Waals surface area contributed by atoms with Gasteiger partial charge in [0.2, 0.25) is 10.0 Å². The number of rotatable bonds is 9. The molecule has 2 aromatic rings. The average molecular weight is 425 g/mol. The summed E-state index contributed by atoms with van der Waals surface area (Å²) in [6.45, 7) is 5.91. The molecular formula is C19H28N4O5S. The quantitative estimate of drug-likeness (QED) is 0.608. The SMILES string of the molecule is CCn1c(CCC(=O)OCC(=O)NC(C)C)nc2cc(S(=O)(=O)N(C)C)ccc21. The summed E-state index contributed by atoms with van der Waals surface area (Å²) in [6, 6.07) is 4.79. The number of sulfonamides is 1. The smallest absolute Gasteiger partial charge is 0.306 e. The van der Waals surface area contributed by atoms with Crippen LogP contribution in [0.3, 0.4) is 0 Å². The highest BCUT2D eigenvalue weighted by Crippen LogP contribution is 2.22. The fourth-order valence-electron chi connectivity index (χ4n) is 2.87. The van der Waals surface area contributed by atoms with Crippen LogP contribution >= 0.6 is 0 Å². The number of ether oxygens (including phenoxy) is 1. The summed E-state index contributed by atoms with van der Waals surface area (Å²) in [5.74, 6) is -0.177. The number of aryl methyl sites for hydroxylation is 2. The first-order valence-electron chi connectivity index (χ1n) is 9.43.